The van der Waals surface area contributed by atoms with Crippen LogP contribution in [0.2, 0.25) is 0 Å². The molecule has 0 aliphatic heterocycles. The molecule has 2 N–H and O–H groups in total. The topological polar surface area (TPSA) is 71.1 Å². The smallest absolute Gasteiger partial charge is 0.303 e. The third-order valence-electron chi connectivity index (χ3n) is 2.68. The molecule has 0 bridgehead atoms. The molecule has 0 aliphatic carbocycles. The molecule has 0 radical (unpaired) electrons. The molecule has 12 heteroatoms. The van der Waals surface area contributed by atoms with Crippen molar-refractivity contribution in [1.29, 1.82) is 0 Å². The number of aromatic nitrogens is 1. The monoisotopic (exact) mass is 373 g/mol. The number of ketones is 1. The molecular weight excluding hydrogens is 363 g/mol. The summed E-state index contributed by atoms with van der Waals surface area (Å²) in [4.78, 5) is 26.3. The molecule has 5 nitrogen and oxygen atoms in total. The summed E-state index contributed by atoms with van der Waals surface area (Å²) in [6.45, 7) is 0.887. The van der Waals surface area contributed by atoms with E-state index in [2.05, 4.69) is 4.98 Å². The second kappa shape index (κ2) is 7.07. The fourth-order valence-corrected chi connectivity index (χ4v) is 1.37. The number of amides is 1. The van der Waals surface area contributed by atoms with Crippen molar-refractivity contribution in [3.63, 3.8) is 0 Å². The third-order valence-corrected chi connectivity index (χ3v) is 2.68. The Morgan fingerprint density at radius 3 is 2.12 bits per heavy atom. The van der Waals surface area contributed by atoms with E-state index in [1.54, 1.807) is 0 Å². The largest absolute Gasteiger partial charge is 0.460 e. The lowest BCUT2D eigenvalue weighted by Gasteiger charge is -2.26. The van der Waals surface area contributed by atoms with Crippen LogP contribution in [0, 0.1) is 0 Å². The summed E-state index contributed by atoms with van der Waals surface area (Å²) in [5.74, 6) is -16.2. The summed E-state index contributed by atoms with van der Waals surface area (Å²) in [5, 5.41) is 0. The Kier molecular flexibility index (Phi) is 5.76. The number of rotatable bonds is 6. The molecule has 0 fully saturated rings. The lowest BCUT2D eigenvalue weighted by molar-refractivity contribution is -0.342. The molecular formula is C13H10F7N3O2. The van der Waals surface area contributed by atoms with Gasteiger partial charge in [0.25, 0.3) is 5.91 Å². The van der Waals surface area contributed by atoms with E-state index < -0.39 is 35.4 Å². The van der Waals surface area contributed by atoms with Gasteiger partial charge in [0, 0.05) is 18.0 Å². The molecule has 1 heterocycles. The van der Waals surface area contributed by atoms with E-state index in [-0.39, 0.29) is 11.8 Å². The number of pyridine rings is 1. The molecule has 1 aromatic rings. The van der Waals surface area contributed by atoms with Crippen LogP contribution in [0.25, 0.3) is 0 Å². The van der Waals surface area contributed by atoms with Crippen LogP contribution < -0.4 is 10.9 Å². The Bertz CT molecular complexity index is 672. The van der Waals surface area contributed by atoms with Gasteiger partial charge in [-0.1, -0.05) is 6.07 Å². The quantitative estimate of drug-likeness (QED) is 0.457. The Morgan fingerprint density at radius 1 is 1.04 bits per heavy atom. The zero-order valence-electron chi connectivity index (χ0n) is 12.3. The number of nitrogens with zero attached hydrogens (tertiary/aromatic N) is 1. The van der Waals surface area contributed by atoms with Crippen LogP contribution in [0.3, 0.4) is 0 Å². The van der Waals surface area contributed by atoms with Gasteiger partial charge in [-0.15, -0.1) is 0 Å². The van der Waals surface area contributed by atoms with Crippen molar-refractivity contribution >= 4 is 11.7 Å². The zero-order chi connectivity index (χ0) is 19.5. The maximum absolute atomic E-state index is 13.1. The van der Waals surface area contributed by atoms with E-state index in [1.165, 1.54) is 24.4 Å². The maximum Gasteiger partial charge on any atom is 0.460 e. The van der Waals surface area contributed by atoms with Crippen LogP contribution in [0.5, 0.6) is 0 Å². The van der Waals surface area contributed by atoms with Crippen LogP contribution in [0.1, 0.15) is 17.4 Å². The number of carbonyl (C=O) groups excluding carboxylic acids is 2. The van der Waals surface area contributed by atoms with Crippen molar-refractivity contribution < 1.29 is 40.3 Å². The minimum atomic E-state index is -6.62. The van der Waals surface area contributed by atoms with E-state index in [9.17, 15) is 40.3 Å². The van der Waals surface area contributed by atoms with E-state index in [1.807, 2.05) is 10.9 Å². The first-order valence-corrected chi connectivity index (χ1v) is 6.33. The Labute approximate surface area is 135 Å². The lowest BCUT2D eigenvalue weighted by atomic mass is 10.1. The average molecular weight is 373 g/mol. The third kappa shape index (κ3) is 4.45. The molecule has 1 aromatic heterocycles. The zero-order valence-corrected chi connectivity index (χ0v) is 12.3. The molecule has 0 spiro atoms. The van der Waals surface area contributed by atoms with Crippen molar-refractivity contribution in [1.82, 2.24) is 15.8 Å². The molecule has 1 amide bonds. The average Bonchev–Trinajstić information content (AvgIpc) is 2.52. The van der Waals surface area contributed by atoms with Crippen molar-refractivity contribution in [3.05, 3.63) is 41.9 Å². The van der Waals surface area contributed by atoms with E-state index in [4.69, 9.17) is 0 Å². The fraction of sp³-hybridized carbons (Fsp3) is 0.308. The summed E-state index contributed by atoms with van der Waals surface area (Å²) in [6, 6.07) is 4.23. The van der Waals surface area contributed by atoms with Gasteiger partial charge in [0.2, 0.25) is 5.78 Å². The molecule has 0 atom stereocenters. The number of carbonyl (C=O) groups is 2. The van der Waals surface area contributed by atoms with Gasteiger partial charge >= 0.3 is 18.0 Å². The van der Waals surface area contributed by atoms with Gasteiger partial charge in [0.15, 0.2) is 0 Å². The Hall–Kier alpha value is -2.66. The second-order valence-corrected chi connectivity index (χ2v) is 4.63. The van der Waals surface area contributed by atoms with Crippen molar-refractivity contribution in [2.24, 2.45) is 0 Å². The molecule has 138 valence electrons. The van der Waals surface area contributed by atoms with Crippen LogP contribution in [0.4, 0.5) is 30.7 Å². The normalized spacial score (nSPS) is 13.4. The van der Waals surface area contributed by atoms with Crippen LogP contribution in [-0.2, 0) is 4.79 Å². The minimum absolute atomic E-state index is 0.108. The molecule has 0 aromatic carbocycles. The van der Waals surface area contributed by atoms with Gasteiger partial charge < -0.3 is 5.43 Å². The lowest BCUT2D eigenvalue weighted by Crippen LogP contribution is -2.55. The first-order valence-electron chi connectivity index (χ1n) is 6.33. The number of hydrogen-bond donors (Lipinski definition) is 2. The highest BCUT2D eigenvalue weighted by Crippen LogP contribution is 2.47. The minimum Gasteiger partial charge on any atom is -0.303 e. The SMILES string of the molecule is C/C(=C/C(=O)C(F)(F)C(F)(F)C(F)(F)F)NNC(=O)c1ccccn1. The van der Waals surface area contributed by atoms with Crippen LogP contribution in [0.15, 0.2) is 36.2 Å². The van der Waals surface area contributed by atoms with Gasteiger partial charge in [-0.05, 0) is 19.1 Å². The molecule has 25 heavy (non-hydrogen) atoms. The standard InChI is InChI=1S/C13H10F7N3O2/c1-7(22-23-10(25)8-4-2-3-5-21-8)6-9(24)11(14,15)12(16,17)13(18,19)20/h2-6,22H,1H3,(H,23,25)/b7-6-. The molecule has 1 rings (SSSR count). The van der Waals surface area contributed by atoms with Gasteiger partial charge in [0.1, 0.15) is 5.69 Å². The summed E-state index contributed by atoms with van der Waals surface area (Å²) in [7, 11) is 0. The number of allylic oxidation sites excluding steroid dienone is 2. The molecule has 0 aliphatic rings. The van der Waals surface area contributed by atoms with Gasteiger partial charge in [0.05, 0.1) is 0 Å². The number of hydrogen-bond acceptors (Lipinski definition) is 4. The highest BCUT2D eigenvalue weighted by molar-refractivity contribution is 5.97. The summed E-state index contributed by atoms with van der Waals surface area (Å²) < 4.78 is 87.7. The van der Waals surface area contributed by atoms with Gasteiger partial charge in [-0.2, -0.15) is 30.7 Å². The van der Waals surface area contributed by atoms with Gasteiger partial charge in [-0.25, -0.2) is 0 Å². The molecule has 0 unspecified atom stereocenters. The van der Waals surface area contributed by atoms with Crippen molar-refractivity contribution in [3.8, 4) is 0 Å². The van der Waals surface area contributed by atoms with Crippen molar-refractivity contribution in [2.75, 3.05) is 0 Å². The number of nitrogens with one attached hydrogen (secondary N) is 2. The maximum atomic E-state index is 13.1. The second-order valence-electron chi connectivity index (χ2n) is 4.63. The van der Waals surface area contributed by atoms with Crippen molar-refractivity contribution in [2.45, 2.75) is 24.9 Å². The number of hydrazine groups is 1. The van der Waals surface area contributed by atoms with E-state index >= 15 is 0 Å². The summed E-state index contributed by atoms with van der Waals surface area (Å²) >= 11 is 0. The van der Waals surface area contributed by atoms with E-state index in [0.29, 0.717) is 0 Å². The van der Waals surface area contributed by atoms with Crippen LogP contribution in [-0.4, -0.2) is 34.7 Å². The van der Waals surface area contributed by atoms with Gasteiger partial charge in [-0.3, -0.25) is 20.0 Å². The first kappa shape index (κ1) is 20.4. The molecule has 0 saturated heterocycles. The Balaban J connectivity index is 2.81. The predicted molar refractivity (Wildman–Crippen MR) is 69.6 cm³/mol. The highest BCUT2D eigenvalue weighted by atomic mass is 19.4. The number of alkyl halides is 7. The van der Waals surface area contributed by atoms with Crippen LogP contribution >= 0.6 is 0 Å². The molecule has 0 saturated carbocycles. The highest BCUT2D eigenvalue weighted by Gasteiger charge is 2.75. The Morgan fingerprint density at radius 2 is 1.64 bits per heavy atom. The summed E-state index contributed by atoms with van der Waals surface area (Å²) in [5.41, 5.74) is 3.10. The summed E-state index contributed by atoms with van der Waals surface area (Å²) in [6.07, 6.45) is -5.53. The van der Waals surface area contributed by atoms with E-state index in [0.717, 1.165) is 6.92 Å². The fourth-order valence-electron chi connectivity index (χ4n) is 1.37. The predicted octanol–water partition coefficient (Wildman–Crippen LogP) is 2.62. The number of halogens is 7. The first-order chi connectivity index (χ1) is 11.3.